The van der Waals surface area contributed by atoms with Crippen LogP contribution in [0.1, 0.15) is 21.5 Å². The number of aromatic carboxylic acids is 1. The fourth-order valence-corrected chi connectivity index (χ4v) is 1.84. The van der Waals surface area contributed by atoms with E-state index in [0.29, 0.717) is 23.5 Å². The van der Waals surface area contributed by atoms with Crippen LogP contribution in [0.3, 0.4) is 0 Å². The summed E-state index contributed by atoms with van der Waals surface area (Å²) < 4.78 is 0. The number of benzene rings is 2. The molecule has 0 amide bonds. The quantitative estimate of drug-likeness (QED) is 0.739. The van der Waals surface area contributed by atoms with Gasteiger partial charge in [-0.2, -0.15) is 5.26 Å². The van der Waals surface area contributed by atoms with Gasteiger partial charge in [0.05, 0.1) is 17.2 Å². The highest BCUT2D eigenvalue weighted by molar-refractivity contribution is 5.95. The summed E-state index contributed by atoms with van der Waals surface area (Å²) in [6.45, 7) is 0.430. The molecule has 2 aromatic carbocycles. The molecule has 0 radical (unpaired) electrons. The number of nitrogens with two attached hydrogens (primary N) is 1. The van der Waals surface area contributed by atoms with E-state index in [1.54, 1.807) is 30.3 Å². The second-order valence-electron chi connectivity index (χ2n) is 4.28. The number of nitriles is 1. The Morgan fingerprint density at radius 3 is 2.80 bits per heavy atom. The first-order valence-corrected chi connectivity index (χ1v) is 5.96. The Morgan fingerprint density at radius 2 is 2.10 bits per heavy atom. The molecule has 100 valence electrons. The van der Waals surface area contributed by atoms with E-state index in [1.165, 1.54) is 6.07 Å². The monoisotopic (exact) mass is 267 g/mol. The molecule has 0 saturated carbocycles. The summed E-state index contributed by atoms with van der Waals surface area (Å²) in [5, 5.41) is 21.0. The van der Waals surface area contributed by atoms with Crippen molar-refractivity contribution in [3.05, 3.63) is 59.2 Å². The van der Waals surface area contributed by atoms with Crippen molar-refractivity contribution in [2.75, 3.05) is 11.1 Å². The number of carbonyl (C=O) groups is 1. The molecule has 0 saturated heterocycles. The molecule has 0 heterocycles. The maximum absolute atomic E-state index is 11.1. The minimum absolute atomic E-state index is 0.126. The lowest BCUT2D eigenvalue weighted by Gasteiger charge is -2.10. The van der Waals surface area contributed by atoms with Crippen LogP contribution in [-0.2, 0) is 6.54 Å². The Morgan fingerprint density at radius 1 is 1.30 bits per heavy atom. The van der Waals surface area contributed by atoms with Crippen LogP contribution < -0.4 is 11.1 Å². The molecule has 0 fully saturated rings. The van der Waals surface area contributed by atoms with Gasteiger partial charge >= 0.3 is 5.97 Å². The van der Waals surface area contributed by atoms with E-state index in [0.717, 1.165) is 5.56 Å². The summed E-state index contributed by atoms with van der Waals surface area (Å²) >= 11 is 0. The highest BCUT2D eigenvalue weighted by Gasteiger charge is 2.10. The Labute approximate surface area is 116 Å². The molecule has 0 aromatic heterocycles. The summed E-state index contributed by atoms with van der Waals surface area (Å²) in [5.74, 6) is -1.04. The molecule has 0 aliphatic heterocycles. The van der Waals surface area contributed by atoms with Crippen LogP contribution in [0.5, 0.6) is 0 Å². The van der Waals surface area contributed by atoms with Gasteiger partial charge in [-0.3, -0.25) is 0 Å². The van der Waals surface area contributed by atoms with Crippen molar-refractivity contribution in [3.8, 4) is 6.07 Å². The Balaban J connectivity index is 2.19. The number of nitrogens with one attached hydrogen (secondary N) is 1. The van der Waals surface area contributed by atoms with Gasteiger partial charge in [-0.1, -0.05) is 12.1 Å². The smallest absolute Gasteiger partial charge is 0.337 e. The van der Waals surface area contributed by atoms with Gasteiger partial charge in [0.1, 0.15) is 0 Å². The third-order valence-corrected chi connectivity index (χ3v) is 2.81. The zero-order valence-electron chi connectivity index (χ0n) is 10.6. The Kier molecular flexibility index (Phi) is 3.87. The third-order valence-electron chi connectivity index (χ3n) is 2.81. The molecule has 0 unspecified atom stereocenters. The first kappa shape index (κ1) is 13.4. The molecular formula is C15H13N3O2. The predicted molar refractivity (Wildman–Crippen MR) is 76.3 cm³/mol. The zero-order valence-corrected chi connectivity index (χ0v) is 10.6. The van der Waals surface area contributed by atoms with Crippen molar-refractivity contribution >= 4 is 17.3 Å². The molecule has 20 heavy (non-hydrogen) atoms. The van der Waals surface area contributed by atoms with Crippen LogP contribution >= 0.6 is 0 Å². The highest BCUT2D eigenvalue weighted by atomic mass is 16.4. The molecule has 0 aliphatic rings. The molecule has 5 nitrogen and oxygen atoms in total. The third kappa shape index (κ3) is 3.06. The topological polar surface area (TPSA) is 99.1 Å². The standard InChI is InChI=1S/C15H13N3O2/c16-8-10-2-1-3-11(6-10)9-18-14-5-4-12(17)7-13(14)15(19)20/h1-7,18H,9,17H2,(H,19,20). The zero-order chi connectivity index (χ0) is 14.5. The molecule has 0 bridgehead atoms. The van der Waals surface area contributed by atoms with E-state index in [2.05, 4.69) is 11.4 Å². The van der Waals surface area contributed by atoms with Gasteiger partial charge in [0.25, 0.3) is 0 Å². The molecule has 0 atom stereocenters. The summed E-state index contributed by atoms with van der Waals surface area (Å²) in [6, 6.07) is 13.9. The van der Waals surface area contributed by atoms with Crippen LogP contribution in [-0.4, -0.2) is 11.1 Å². The predicted octanol–water partition coefficient (Wildman–Crippen LogP) is 2.45. The first-order chi connectivity index (χ1) is 9.60. The van der Waals surface area contributed by atoms with Gasteiger partial charge in [0.15, 0.2) is 0 Å². The summed E-state index contributed by atoms with van der Waals surface area (Å²) in [5.41, 5.74) is 8.08. The maximum Gasteiger partial charge on any atom is 0.337 e. The molecule has 4 N–H and O–H groups in total. The highest BCUT2D eigenvalue weighted by Crippen LogP contribution is 2.20. The summed E-state index contributed by atoms with van der Waals surface area (Å²) in [7, 11) is 0. The van der Waals surface area contributed by atoms with Gasteiger partial charge < -0.3 is 16.2 Å². The lowest BCUT2D eigenvalue weighted by molar-refractivity contribution is 0.0698. The Bertz CT molecular complexity index is 690. The van der Waals surface area contributed by atoms with E-state index in [9.17, 15) is 4.79 Å². The van der Waals surface area contributed by atoms with Crippen LogP contribution in [0.4, 0.5) is 11.4 Å². The fraction of sp³-hybridized carbons (Fsp3) is 0.0667. The molecule has 0 aliphatic carbocycles. The van der Waals surface area contributed by atoms with Gasteiger partial charge in [-0.05, 0) is 35.9 Å². The minimum Gasteiger partial charge on any atom is -0.478 e. The largest absolute Gasteiger partial charge is 0.478 e. The van der Waals surface area contributed by atoms with Crippen molar-refractivity contribution in [2.24, 2.45) is 0 Å². The van der Waals surface area contributed by atoms with E-state index in [4.69, 9.17) is 16.1 Å². The molecular weight excluding hydrogens is 254 g/mol. The average molecular weight is 267 g/mol. The van der Waals surface area contributed by atoms with Crippen molar-refractivity contribution in [2.45, 2.75) is 6.54 Å². The minimum atomic E-state index is -1.04. The molecule has 2 aromatic rings. The first-order valence-electron chi connectivity index (χ1n) is 5.96. The van der Waals surface area contributed by atoms with Gasteiger partial charge in [-0.25, -0.2) is 4.79 Å². The van der Waals surface area contributed by atoms with Crippen molar-refractivity contribution < 1.29 is 9.90 Å². The number of nitrogens with zero attached hydrogens (tertiary/aromatic N) is 1. The Hall–Kier alpha value is -3.00. The lowest BCUT2D eigenvalue weighted by Crippen LogP contribution is -2.07. The lowest BCUT2D eigenvalue weighted by atomic mass is 10.1. The van der Waals surface area contributed by atoms with Gasteiger partial charge in [0.2, 0.25) is 0 Å². The van der Waals surface area contributed by atoms with Crippen molar-refractivity contribution in [1.29, 1.82) is 5.26 Å². The van der Waals surface area contributed by atoms with Crippen LogP contribution in [0.15, 0.2) is 42.5 Å². The van der Waals surface area contributed by atoms with E-state index in [1.807, 2.05) is 6.07 Å². The van der Waals surface area contributed by atoms with Crippen molar-refractivity contribution in [3.63, 3.8) is 0 Å². The molecule has 5 heteroatoms. The number of rotatable bonds is 4. The second kappa shape index (κ2) is 5.76. The molecule has 0 spiro atoms. The number of hydrogen-bond donors (Lipinski definition) is 3. The molecule has 2 rings (SSSR count). The fourth-order valence-electron chi connectivity index (χ4n) is 1.84. The number of nitrogen functional groups attached to an aromatic ring is 1. The number of anilines is 2. The number of carboxylic acids is 1. The number of hydrogen-bond acceptors (Lipinski definition) is 4. The van der Waals surface area contributed by atoms with Crippen LogP contribution in [0.2, 0.25) is 0 Å². The normalized spacial score (nSPS) is 9.75. The van der Waals surface area contributed by atoms with E-state index < -0.39 is 5.97 Å². The van der Waals surface area contributed by atoms with E-state index >= 15 is 0 Å². The van der Waals surface area contributed by atoms with Crippen molar-refractivity contribution in [1.82, 2.24) is 0 Å². The SMILES string of the molecule is N#Cc1cccc(CNc2ccc(N)cc2C(=O)O)c1. The van der Waals surface area contributed by atoms with Gasteiger partial charge in [-0.15, -0.1) is 0 Å². The number of carboxylic acid groups (broad SMARTS) is 1. The second-order valence-corrected chi connectivity index (χ2v) is 4.28. The summed E-state index contributed by atoms with van der Waals surface area (Å²) in [4.78, 5) is 11.1. The summed E-state index contributed by atoms with van der Waals surface area (Å²) in [6.07, 6.45) is 0. The average Bonchev–Trinajstić information content (AvgIpc) is 2.46. The van der Waals surface area contributed by atoms with E-state index in [-0.39, 0.29) is 5.56 Å². The van der Waals surface area contributed by atoms with Gasteiger partial charge in [0, 0.05) is 17.9 Å². The van der Waals surface area contributed by atoms with Crippen LogP contribution in [0.25, 0.3) is 0 Å². The maximum atomic E-state index is 11.1. The van der Waals surface area contributed by atoms with Crippen LogP contribution in [0, 0.1) is 11.3 Å².